The van der Waals surface area contributed by atoms with Crippen LogP contribution in [-0.4, -0.2) is 11.1 Å². The Morgan fingerprint density at radius 3 is 2.62 bits per heavy atom. The van der Waals surface area contributed by atoms with E-state index in [4.69, 9.17) is 16.7 Å². The summed E-state index contributed by atoms with van der Waals surface area (Å²) in [6.07, 6.45) is 0. The predicted molar refractivity (Wildman–Crippen MR) is 69.4 cm³/mol. The van der Waals surface area contributed by atoms with E-state index in [1.165, 1.54) is 17.4 Å². The molecule has 0 aliphatic rings. The molecule has 16 heavy (non-hydrogen) atoms. The van der Waals surface area contributed by atoms with E-state index in [1.807, 2.05) is 10.8 Å². The summed E-state index contributed by atoms with van der Waals surface area (Å²) in [4.78, 5) is 10.9. The van der Waals surface area contributed by atoms with E-state index in [0.717, 1.165) is 15.6 Å². The third-order valence-electron chi connectivity index (χ3n) is 2.12. The van der Waals surface area contributed by atoms with Crippen molar-refractivity contribution in [2.24, 2.45) is 0 Å². The van der Waals surface area contributed by atoms with Gasteiger partial charge in [0.15, 0.2) is 0 Å². The number of halogens is 2. The molecule has 0 spiro atoms. The molecule has 0 fully saturated rings. The van der Waals surface area contributed by atoms with Crippen molar-refractivity contribution in [1.29, 1.82) is 0 Å². The van der Waals surface area contributed by atoms with Crippen LogP contribution in [0.15, 0.2) is 33.4 Å². The van der Waals surface area contributed by atoms with E-state index in [9.17, 15) is 4.79 Å². The Morgan fingerprint density at radius 2 is 2.06 bits per heavy atom. The maximum atomic E-state index is 10.9. The highest BCUT2D eigenvalue weighted by atomic mass is 79.9. The summed E-state index contributed by atoms with van der Waals surface area (Å²) in [5.41, 5.74) is 1.88. The van der Waals surface area contributed by atoms with Crippen LogP contribution >= 0.6 is 38.9 Å². The first kappa shape index (κ1) is 11.6. The fourth-order valence-corrected chi connectivity index (χ4v) is 3.07. The van der Waals surface area contributed by atoms with Crippen LogP contribution in [0.4, 0.5) is 0 Å². The average molecular weight is 318 g/mol. The summed E-state index contributed by atoms with van der Waals surface area (Å²) in [5.74, 6) is -0.954. The van der Waals surface area contributed by atoms with Gasteiger partial charge in [0.1, 0.15) is 0 Å². The summed E-state index contributed by atoms with van der Waals surface area (Å²) < 4.78 is 0.918. The zero-order chi connectivity index (χ0) is 11.7. The molecule has 0 atom stereocenters. The highest BCUT2D eigenvalue weighted by Crippen LogP contribution is 2.36. The van der Waals surface area contributed by atoms with Gasteiger partial charge in [-0.05, 0) is 39.5 Å². The first-order valence-electron chi connectivity index (χ1n) is 4.34. The molecule has 0 unspecified atom stereocenters. The SMILES string of the molecule is O=C(O)c1ccc(Cl)c(-c2cscc2Br)c1. The molecule has 1 N–H and O–H groups in total. The molecule has 0 saturated heterocycles. The molecular weight excluding hydrogens is 312 g/mol. The van der Waals surface area contributed by atoms with Gasteiger partial charge in [-0.1, -0.05) is 11.6 Å². The van der Waals surface area contributed by atoms with Crippen molar-refractivity contribution in [2.45, 2.75) is 0 Å². The van der Waals surface area contributed by atoms with E-state index in [0.29, 0.717) is 5.02 Å². The van der Waals surface area contributed by atoms with Gasteiger partial charge in [-0.2, -0.15) is 11.3 Å². The topological polar surface area (TPSA) is 37.3 Å². The minimum Gasteiger partial charge on any atom is -0.478 e. The maximum Gasteiger partial charge on any atom is 0.335 e. The number of benzene rings is 1. The van der Waals surface area contributed by atoms with E-state index in [-0.39, 0.29) is 5.56 Å². The Kier molecular flexibility index (Phi) is 3.33. The average Bonchev–Trinajstić information content (AvgIpc) is 2.65. The highest BCUT2D eigenvalue weighted by molar-refractivity contribution is 9.10. The van der Waals surface area contributed by atoms with Crippen molar-refractivity contribution in [1.82, 2.24) is 0 Å². The Bertz CT molecular complexity index is 551. The Morgan fingerprint density at radius 1 is 1.31 bits per heavy atom. The fraction of sp³-hybridized carbons (Fsp3) is 0. The maximum absolute atomic E-state index is 10.9. The molecule has 1 heterocycles. The first-order valence-corrected chi connectivity index (χ1v) is 6.46. The Hall–Kier alpha value is -0.840. The van der Waals surface area contributed by atoms with Gasteiger partial charge < -0.3 is 5.11 Å². The van der Waals surface area contributed by atoms with Crippen LogP contribution < -0.4 is 0 Å². The Balaban J connectivity index is 2.60. The summed E-state index contributed by atoms with van der Waals surface area (Å²) in [5, 5.41) is 13.3. The van der Waals surface area contributed by atoms with Gasteiger partial charge in [0, 0.05) is 26.0 Å². The molecule has 0 radical (unpaired) electrons. The van der Waals surface area contributed by atoms with Gasteiger partial charge >= 0.3 is 5.97 Å². The van der Waals surface area contributed by atoms with E-state index in [1.54, 1.807) is 12.1 Å². The third kappa shape index (κ3) is 2.14. The third-order valence-corrected chi connectivity index (χ3v) is 4.15. The molecule has 82 valence electrons. The number of hydrogen-bond acceptors (Lipinski definition) is 2. The zero-order valence-electron chi connectivity index (χ0n) is 7.91. The summed E-state index contributed by atoms with van der Waals surface area (Å²) in [7, 11) is 0. The number of carbonyl (C=O) groups is 1. The molecule has 1 aromatic carbocycles. The molecular formula is C11H6BrClO2S. The standard InChI is InChI=1S/C11H6BrClO2S/c12-9-5-16-4-8(9)7-3-6(11(14)15)1-2-10(7)13/h1-5H,(H,14,15). The van der Waals surface area contributed by atoms with Gasteiger partial charge in [-0.15, -0.1) is 0 Å². The molecule has 0 aliphatic carbocycles. The monoisotopic (exact) mass is 316 g/mol. The molecule has 2 aromatic rings. The normalized spacial score (nSPS) is 10.4. The molecule has 1 aromatic heterocycles. The predicted octanol–water partition coefficient (Wildman–Crippen LogP) is 4.53. The lowest BCUT2D eigenvalue weighted by atomic mass is 10.1. The van der Waals surface area contributed by atoms with Gasteiger partial charge in [-0.25, -0.2) is 4.79 Å². The number of thiophene rings is 1. The van der Waals surface area contributed by atoms with Crippen LogP contribution in [0, 0.1) is 0 Å². The molecule has 0 saturated carbocycles. The van der Waals surface area contributed by atoms with Crippen LogP contribution in [0.1, 0.15) is 10.4 Å². The molecule has 0 bridgehead atoms. The number of carboxylic acid groups (broad SMARTS) is 1. The number of carboxylic acids is 1. The van der Waals surface area contributed by atoms with Gasteiger partial charge in [0.2, 0.25) is 0 Å². The molecule has 0 aliphatic heterocycles. The summed E-state index contributed by atoms with van der Waals surface area (Å²) >= 11 is 11.0. The minimum atomic E-state index is -0.954. The lowest BCUT2D eigenvalue weighted by Gasteiger charge is -2.04. The van der Waals surface area contributed by atoms with E-state index in [2.05, 4.69) is 15.9 Å². The fourth-order valence-electron chi connectivity index (χ4n) is 1.34. The molecule has 0 amide bonds. The van der Waals surface area contributed by atoms with Crippen molar-refractivity contribution < 1.29 is 9.90 Å². The second-order valence-electron chi connectivity index (χ2n) is 3.13. The second kappa shape index (κ2) is 4.57. The van der Waals surface area contributed by atoms with Crippen LogP contribution in [0.3, 0.4) is 0 Å². The summed E-state index contributed by atoms with van der Waals surface area (Å²) in [6.45, 7) is 0. The van der Waals surface area contributed by atoms with Crippen LogP contribution in [0.5, 0.6) is 0 Å². The van der Waals surface area contributed by atoms with Crippen LogP contribution in [0.2, 0.25) is 5.02 Å². The van der Waals surface area contributed by atoms with E-state index >= 15 is 0 Å². The van der Waals surface area contributed by atoms with Gasteiger partial charge in [0.25, 0.3) is 0 Å². The molecule has 5 heteroatoms. The number of aromatic carboxylic acids is 1. The van der Waals surface area contributed by atoms with Crippen molar-refractivity contribution in [3.05, 3.63) is 44.0 Å². The van der Waals surface area contributed by atoms with Crippen LogP contribution in [-0.2, 0) is 0 Å². The highest BCUT2D eigenvalue weighted by Gasteiger charge is 2.11. The smallest absolute Gasteiger partial charge is 0.335 e. The number of hydrogen-bond donors (Lipinski definition) is 1. The largest absolute Gasteiger partial charge is 0.478 e. The first-order chi connectivity index (χ1) is 7.59. The van der Waals surface area contributed by atoms with Crippen molar-refractivity contribution in [2.75, 3.05) is 0 Å². The zero-order valence-corrected chi connectivity index (χ0v) is 11.1. The van der Waals surface area contributed by atoms with E-state index < -0.39 is 5.97 Å². The van der Waals surface area contributed by atoms with Crippen molar-refractivity contribution >= 4 is 44.8 Å². The lowest BCUT2D eigenvalue weighted by molar-refractivity contribution is 0.0697. The summed E-state index contributed by atoms with van der Waals surface area (Å²) in [6, 6.07) is 4.68. The quantitative estimate of drug-likeness (QED) is 0.883. The molecule has 2 rings (SSSR count). The minimum absolute atomic E-state index is 0.234. The Labute approximate surface area is 110 Å². The van der Waals surface area contributed by atoms with Gasteiger partial charge in [0.05, 0.1) is 5.56 Å². The number of rotatable bonds is 2. The molecule has 2 nitrogen and oxygen atoms in total. The lowest BCUT2D eigenvalue weighted by Crippen LogP contribution is -1.96. The second-order valence-corrected chi connectivity index (χ2v) is 5.14. The van der Waals surface area contributed by atoms with Gasteiger partial charge in [-0.3, -0.25) is 0 Å². The van der Waals surface area contributed by atoms with Crippen molar-refractivity contribution in [3.8, 4) is 11.1 Å². The van der Waals surface area contributed by atoms with Crippen molar-refractivity contribution in [3.63, 3.8) is 0 Å². The van der Waals surface area contributed by atoms with Crippen LogP contribution in [0.25, 0.3) is 11.1 Å².